The number of hydrogen-bond acceptors (Lipinski definition) is 2. The Morgan fingerprint density at radius 2 is 2.17 bits per heavy atom. The molecule has 0 unspecified atom stereocenters. The summed E-state index contributed by atoms with van der Waals surface area (Å²) in [6.07, 6.45) is 2.71. The number of nitrogens with one attached hydrogen (secondary N) is 2. The summed E-state index contributed by atoms with van der Waals surface area (Å²) in [5.74, 6) is -0.357. The molecule has 0 spiro atoms. The molecule has 2 aromatic rings. The fraction of sp³-hybridized carbons (Fsp3) is 0.231. The van der Waals surface area contributed by atoms with Crippen molar-refractivity contribution in [1.82, 2.24) is 10.3 Å². The van der Waals surface area contributed by atoms with E-state index >= 15 is 0 Å². The highest BCUT2D eigenvalue weighted by atomic mass is 16.2. The number of H-pyrrole nitrogens is 1. The van der Waals surface area contributed by atoms with Gasteiger partial charge in [0, 0.05) is 23.5 Å². The first kappa shape index (κ1) is 12.2. The number of aromatic amines is 1. The van der Waals surface area contributed by atoms with E-state index in [1.54, 1.807) is 0 Å². The molecule has 0 aliphatic rings. The summed E-state index contributed by atoms with van der Waals surface area (Å²) in [7, 11) is 0. The van der Waals surface area contributed by atoms with Gasteiger partial charge in [0.2, 0.25) is 5.91 Å². The maximum atomic E-state index is 11.3. The molecule has 0 bridgehead atoms. The van der Waals surface area contributed by atoms with Gasteiger partial charge in [0.1, 0.15) is 0 Å². The summed E-state index contributed by atoms with van der Waals surface area (Å²) in [5.41, 5.74) is 8.19. The Bertz CT molecular complexity index is 601. The van der Waals surface area contributed by atoms with Crippen molar-refractivity contribution < 1.29 is 9.59 Å². The Morgan fingerprint density at radius 1 is 1.39 bits per heavy atom. The number of urea groups is 1. The molecular weight excluding hydrogens is 230 g/mol. The van der Waals surface area contributed by atoms with E-state index in [1.165, 1.54) is 5.56 Å². The van der Waals surface area contributed by atoms with Gasteiger partial charge in [0.25, 0.3) is 0 Å². The lowest BCUT2D eigenvalue weighted by Gasteiger charge is -2.01. The summed E-state index contributed by atoms with van der Waals surface area (Å²) in [4.78, 5) is 25.0. The molecule has 0 aliphatic carbocycles. The normalized spacial score (nSPS) is 10.5. The molecule has 5 heteroatoms. The van der Waals surface area contributed by atoms with E-state index in [0.717, 1.165) is 16.5 Å². The zero-order chi connectivity index (χ0) is 13.1. The second kappa shape index (κ2) is 4.91. The molecule has 18 heavy (non-hydrogen) atoms. The maximum Gasteiger partial charge on any atom is 0.318 e. The largest absolute Gasteiger partial charge is 0.361 e. The average Bonchev–Trinajstić information content (AvgIpc) is 2.70. The molecule has 0 saturated heterocycles. The molecule has 0 aliphatic heterocycles. The Kier molecular flexibility index (Phi) is 3.32. The molecule has 1 heterocycles. The van der Waals surface area contributed by atoms with E-state index < -0.39 is 6.03 Å². The number of carbonyl (C=O) groups excluding carboxylic acids is 2. The van der Waals surface area contributed by atoms with Crippen LogP contribution in [0.15, 0.2) is 24.4 Å². The number of hydrogen-bond donors (Lipinski definition) is 3. The molecule has 0 atom stereocenters. The number of fused-ring (bicyclic) bond motifs is 1. The van der Waals surface area contributed by atoms with Gasteiger partial charge in [0.15, 0.2) is 0 Å². The fourth-order valence-electron chi connectivity index (χ4n) is 2.02. The van der Waals surface area contributed by atoms with E-state index in [9.17, 15) is 9.59 Å². The smallest absolute Gasteiger partial charge is 0.318 e. The van der Waals surface area contributed by atoms with E-state index in [2.05, 4.69) is 10.3 Å². The van der Waals surface area contributed by atoms with Crippen LogP contribution in [0.2, 0.25) is 0 Å². The lowest BCUT2D eigenvalue weighted by Crippen LogP contribution is -2.35. The number of rotatable bonds is 3. The molecule has 0 radical (unpaired) electrons. The molecule has 94 valence electrons. The van der Waals surface area contributed by atoms with Gasteiger partial charge in [-0.05, 0) is 24.5 Å². The number of nitrogens with two attached hydrogens (primary N) is 1. The lowest BCUT2D eigenvalue weighted by molar-refractivity contribution is -0.119. The van der Waals surface area contributed by atoms with Gasteiger partial charge in [0.05, 0.1) is 0 Å². The lowest BCUT2D eigenvalue weighted by atomic mass is 10.1. The van der Waals surface area contributed by atoms with Crippen LogP contribution in [0.4, 0.5) is 4.79 Å². The number of primary amides is 1. The van der Waals surface area contributed by atoms with Gasteiger partial charge in [-0.15, -0.1) is 0 Å². The second-order valence-corrected chi connectivity index (χ2v) is 4.22. The van der Waals surface area contributed by atoms with E-state index in [1.807, 2.05) is 31.3 Å². The van der Waals surface area contributed by atoms with E-state index in [-0.39, 0.29) is 12.3 Å². The summed E-state index contributed by atoms with van der Waals surface area (Å²) in [6, 6.07) is 5.22. The average molecular weight is 245 g/mol. The zero-order valence-electron chi connectivity index (χ0n) is 10.1. The number of para-hydroxylation sites is 1. The fourth-order valence-corrected chi connectivity index (χ4v) is 2.02. The van der Waals surface area contributed by atoms with Crippen LogP contribution in [-0.4, -0.2) is 16.9 Å². The zero-order valence-corrected chi connectivity index (χ0v) is 10.1. The number of benzene rings is 1. The predicted molar refractivity (Wildman–Crippen MR) is 69.1 cm³/mol. The molecule has 0 fully saturated rings. The summed E-state index contributed by atoms with van der Waals surface area (Å²) in [5, 5.41) is 3.17. The highest BCUT2D eigenvalue weighted by molar-refractivity contribution is 5.94. The molecule has 1 aromatic carbocycles. The molecule has 1 aromatic heterocycles. The summed E-state index contributed by atoms with van der Waals surface area (Å²) < 4.78 is 0. The van der Waals surface area contributed by atoms with Crippen LogP contribution < -0.4 is 11.1 Å². The van der Waals surface area contributed by atoms with Gasteiger partial charge in [-0.2, -0.15) is 0 Å². The molecule has 2 rings (SSSR count). The number of carbonyl (C=O) groups is 2. The van der Waals surface area contributed by atoms with Gasteiger partial charge in [-0.3, -0.25) is 10.1 Å². The quantitative estimate of drug-likeness (QED) is 0.767. The second-order valence-electron chi connectivity index (χ2n) is 4.22. The monoisotopic (exact) mass is 245 g/mol. The predicted octanol–water partition coefficient (Wildman–Crippen LogP) is 1.60. The molecule has 4 N–H and O–H groups in total. The number of amides is 3. The molecule has 0 saturated carbocycles. The Morgan fingerprint density at radius 3 is 2.89 bits per heavy atom. The van der Waals surface area contributed by atoms with Crippen molar-refractivity contribution in [2.45, 2.75) is 19.8 Å². The van der Waals surface area contributed by atoms with Gasteiger partial charge in [-0.1, -0.05) is 18.2 Å². The van der Waals surface area contributed by atoms with Crippen molar-refractivity contribution >= 4 is 22.8 Å². The Hall–Kier alpha value is -2.30. The van der Waals surface area contributed by atoms with Crippen molar-refractivity contribution in [2.24, 2.45) is 5.73 Å². The van der Waals surface area contributed by atoms with Crippen LogP contribution >= 0.6 is 0 Å². The first-order valence-corrected chi connectivity index (χ1v) is 5.73. The minimum atomic E-state index is -0.810. The van der Waals surface area contributed by atoms with Crippen molar-refractivity contribution in [1.29, 1.82) is 0 Å². The van der Waals surface area contributed by atoms with E-state index in [0.29, 0.717) is 6.42 Å². The van der Waals surface area contributed by atoms with Gasteiger partial charge >= 0.3 is 6.03 Å². The van der Waals surface area contributed by atoms with Crippen molar-refractivity contribution in [2.75, 3.05) is 0 Å². The summed E-state index contributed by atoms with van der Waals surface area (Å²) in [6.45, 7) is 2.03. The van der Waals surface area contributed by atoms with Crippen LogP contribution in [-0.2, 0) is 11.2 Å². The third-order valence-corrected chi connectivity index (χ3v) is 2.89. The third-order valence-electron chi connectivity index (χ3n) is 2.89. The third kappa shape index (κ3) is 2.51. The minimum Gasteiger partial charge on any atom is -0.361 e. The van der Waals surface area contributed by atoms with Crippen LogP contribution in [0, 0.1) is 6.92 Å². The van der Waals surface area contributed by atoms with Crippen LogP contribution in [0.25, 0.3) is 10.9 Å². The highest BCUT2D eigenvalue weighted by Crippen LogP contribution is 2.22. The van der Waals surface area contributed by atoms with Crippen LogP contribution in [0.3, 0.4) is 0 Å². The number of imide groups is 1. The van der Waals surface area contributed by atoms with Crippen LogP contribution in [0.5, 0.6) is 0 Å². The maximum absolute atomic E-state index is 11.3. The van der Waals surface area contributed by atoms with Crippen molar-refractivity contribution in [3.05, 3.63) is 35.5 Å². The highest BCUT2D eigenvalue weighted by Gasteiger charge is 2.08. The first-order valence-electron chi connectivity index (χ1n) is 5.73. The molecule has 3 amide bonds. The Labute approximate surface area is 104 Å². The topological polar surface area (TPSA) is 88.0 Å². The van der Waals surface area contributed by atoms with Crippen molar-refractivity contribution in [3.8, 4) is 0 Å². The number of aryl methyl sites for hydroxylation is 2. The SMILES string of the molecule is Cc1cccc2c(CCC(=O)NC(N)=O)c[nH]c12. The molecular formula is C13H15N3O2. The molecule has 5 nitrogen and oxygen atoms in total. The first-order chi connectivity index (χ1) is 8.58. The van der Waals surface area contributed by atoms with Crippen LogP contribution in [0.1, 0.15) is 17.5 Å². The van der Waals surface area contributed by atoms with Gasteiger partial charge in [-0.25, -0.2) is 4.79 Å². The van der Waals surface area contributed by atoms with Crippen molar-refractivity contribution in [3.63, 3.8) is 0 Å². The van der Waals surface area contributed by atoms with E-state index in [4.69, 9.17) is 5.73 Å². The number of aromatic nitrogens is 1. The van der Waals surface area contributed by atoms with Gasteiger partial charge < -0.3 is 10.7 Å². The summed E-state index contributed by atoms with van der Waals surface area (Å²) >= 11 is 0. The minimum absolute atomic E-state index is 0.240. The Balaban J connectivity index is 2.11. The standard InChI is InChI=1S/C13H15N3O2/c1-8-3-2-4-10-9(7-15-12(8)10)5-6-11(17)16-13(14)18/h2-4,7,15H,5-6H2,1H3,(H3,14,16,17,18).